The molecule has 4 rings (SSSR count). The molecule has 180 valence electrons. The predicted molar refractivity (Wildman–Crippen MR) is 131 cm³/mol. The van der Waals surface area contributed by atoms with Crippen LogP contribution in [0.3, 0.4) is 0 Å². The molecular weight excluding hydrogens is 446 g/mol. The van der Waals surface area contributed by atoms with E-state index in [9.17, 15) is 9.59 Å². The average Bonchev–Trinajstić information content (AvgIpc) is 2.89. The maximum atomic E-state index is 12.9. The van der Waals surface area contributed by atoms with Crippen LogP contribution in [0.5, 0.6) is 11.5 Å². The van der Waals surface area contributed by atoms with Crippen molar-refractivity contribution < 1.29 is 19.1 Å². The number of anilines is 1. The minimum absolute atomic E-state index is 0.00875. The number of ether oxygens (including phenoxy) is 2. The molecule has 1 N–H and O–H groups in total. The second kappa shape index (κ2) is 10.8. The van der Waals surface area contributed by atoms with Crippen molar-refractivity contribution >= 4 is 23.2 Å². The number of carbonyl (C=O) groups is 2. The molecule has 0 bridgehead atoms. The third kappa shape index (κ3) is 5.46. The van der Waals surface area contributed by atoms with Crippen LogP contribution in [-0.4, -0.2) is 46.7 Å². The van der Waals surface area contributed by atoms with Gasteiger partial charge in [-0.25, -0.2) is 9.99 Å². The van der Waals surface area contributed by atoms with Crippen LogP contribution >= 0.6 is 0 Å². The van der Waals surface area contributed by atoms with Crippen molar-refractivity contribution in [1.82, 2.24) is 15.0 Å². The van der Waals surface area contributed by atoms with Gasteiger partial charge in [-0.2, -0.15) is 5.10 Å². The summed E-state index contributed by atoms with van der Waals surface area (Å²) in [5.41, 5.74) is 3.37. The molecule has 0 spiro atoms. The molecular formula is C26H27N5O4. The summed E-state index contributed by atoms with van der Waals surface area (Å²) in [5, 5.41) is 9.05. The number of benzene rings is 2. The van der Waals surface area contributed by atoms with Crippen LogP contribution in [0.1, 0.15) is 41.4 Å². The van der Waals surface area contributed by atoms with Crippen molar-refractivity contribution in [1.29, 1.82) is 0 Å². The Balaban J connectivity index is 1.57. The molecule has 2 aromatic carbocycles. The van der Waals surface area contributed by atoms with Gasteiger partial charge in [0.2, 0.25) is 5.91 Å². The molecule has 3 aromatic rings. The highest BCUT2D eigenvalue weighted by Crippen LogP contribution is 2.31. The summed E-state index contributed by atoms with van der Waals surface area (Å²) in [6.45, 7) is 2.33. The molecule has 0 radical (unpaired) electrons. The third-order valence-electron chi connectivity index (χ3n) is 5.81. The molecule has 0 fully saturated rings. The SMILES string of the molecule is CCC1CC(=O)N(Cc2cccc(NC(=O)c3cnccn3)c2)N=C1c1ccc(OC)c(OC)c1. The van der Waals surface area contributed by atoms with Gasteiger partial charge in [0.15, 0.2) is 11.5 Å². The van der Waals surface area contributed by atoms with E-state index >= 15 is 0 Å². The summed E-state index contributed by atoms with van der Waals surface area (Å²) in [4.78, 5) is 33.3. The monoisotopic (exact) mass is 473 g/mol. The van der Waals surface area contributed by atoms with Crippen LogP contribution in [0.4, 0.5) is 5.69 Å². The lowest BCUT2D eigenvalue weighted by atomic mass is 9.89. The maximum Gasteiger partial charge on any atom is 0.275 e. The number of hydrogen-bond acceptors (Lipinski definition) is 7. The number of rotatable bonds is 8. The van der Waals surface area contributed by atoms with E-state index in [2.05, 4.69) is 15.3 Å². The summed E-state index contributed by atoms with van der Waals surface area (Å²) in [7, 11) is 3.18. The fourth-order valence-electron chi connectivity index (χ4n) is 3.96. The lowest BCUT2D eigenvalue weighted by molar-refractivity contribution is -0.133. The van der Waals surface area contributed by atoms with Crippen LogP contribution in [0, 0.1) is 5.92 Å². The van der Waals surface area contributed by atoms with Crippen LogP contribution in [0.25, 0.3) is 0 Å². The topological polar surface area (TPSA) is 106 Å². The van der Waals surface area contributed by atoms with Gasteiger partial charge < -0.3 is 14.8 Å². The number of nitrogens with zero attached hydrogens (tertiary/aromatic N) is 4. The molecule has 0 saturated carbocycles. The van der Waals surface area contributed by atoms with E-state index in [1.54, 1.807) is 20.3 Å². The predicted octanol–water partition coefficient (Wildman–Crippen LogP) is 3.91. The first-order chi connectivity index (χ1) is 17.0. The van der Waals surface area contributed by atoms with Gasteiger partial charge >= 0.3 is 0 Å². The van der Waals surface area contributed by atoms with E-state index in [0.717, 1.165) is 23.3 Å². The highest BCUT2D eigenvalue weighted by atomic mass is 16.5. The van der Waals surface area contributed by atoms with Gasteiger partial charge in [-0.1, -0.05) is 19.1 Å². The summed E-state index contributed by atoms with van der Waals surface area (Å²) in [5.74, 6) is 0.847. The summed E-state index contributed by atoms with van der Waals surface area (Å²) in [6.07, 6.45) is 5.53. The molecule has 1 atom stereocenters. The van der Waals surface area contributed by atoms with Crippen molar-refractivity contribution in [2.75, 3.05) is 19.5 Å². The highest BCUT2D eigenvalue weighted by molar-refractivity contribution is 6.06. The second-order valence-corrected chi connectivity index (χ2v) is 8.06. The Hall–Kier alpha value is -4.27. The van der Waals surface area contributed by atoms with Gasteiger partial charge in [-0.05, 0) is 42.3 Å². The fraction of sp³-hybridized carbons (Fsp3) is 0.269. The zero-order valence-electron chi connectivity index (χ0n) is 19.9. The molecule has 2 amide bonds. The molecule has 9 heteroatoms. The Morgan fingerprint density at radius 2 is 1.94 bits per heavy atom. The molecule has 1 unspecified atom stereocenters. The van der Waals surface area contributed by atoms with E-state index < -0.39 is 0 Å². The van der Waals surface area contributed by atoms with Crippen LogP contribution < -0.4 is 14.8 Å². The van der Waals surface area contributed by atoms with Crippen molar-refractivity contribution in [3.05, 3.63) is 77.9 Å². The number of carbonyl (C=O) groups excluding carboxylic acids is 2. The molecule has 9 nitrogen and oxygen atoms in total. The van der Waals surface area contributed by atoms with Gasteiger partial charge in [0.1, 0.15) is 5.69 Å². The number of hydrazone groups is 1. The van der Waals surface area contributed by atoms with E-state index in [1.807, 2.05) is 43.3 Å². The molecule has 0 aliphatic carbocycles. The Kier molecular flexibility index (Phi) is 7.35. The first-order valence-corrected chi connectivity index (χ1v) is 11.3. The van der Waals surface area contributed by atoms with E-state index in [1.165, 1.54) is 23.6 Å². The first kappa shape index (κ1) is 23.9. The van der Waals surface area contributed by atoms with Crippen LogP contribution in [0.2, 0.25) is 0 Å². The molecule has 1 aliphatic heterocycles. The van der Waals surface area contributed by atoms with Gasteiger partial charge in [-0.15, -0.1) is 0 Å². The number of aromatic nitrogens is 2. The number of nitrogens with one attached hydrogen (secondary N) is 1. The smallest absolute Gasteiger partial charge is 0.275 e. The normalized spacial score (nSPS) is 15.4. The Labute approximate surface area is 203 Å². The molecule has 2 heterocycles. The van der Waals surface area contributed by atoms with Crippen molar-refractivity contribution in [3.8, 4) is 11.5 Å². The molecule has 35 heavy (non-hydrogen) atoms. The number of hydrogen-bond donors (Lipinski definition) is 1. The molecule has 0 saturated heterocycles. The standard InChI is InChI=1S/C26H27N5O4/c1-4-18-14-24(32)31(30-25(18)19-8-9-22(34-2)23(13-19)35-3)16-17-6-5-7-20(12-17)29-26(33)21-15-27-10-11-28-21/h5-13,15,18H,4,14,16H2,1-3H3,(H,29,33). The lowest BCUT2D eigenvalue weighted by Crippen LogP contribution is -2.36. The minimum Gasteiger partial charge on any atom is -0.493 e. The fourth-order valence-corrected chi connectivity index (χ4v) is 3.96. The Morgan fingerprint density at radius 1 is 1.11 bits per heavy atom. The Bertz CT molecular complexity index is 1250. The van der Waals surface area contributed by atoms with Crippen LogP contribution in [-0.2, 0) is 11.3 Å². The Morgan fingerprint density at radius 3 is 2.66 bits per heavy atom. The molecule has 1 aliphatic rings. The zero-order chi connectivity index (χ0) is 24.8. The largest absolute Gasteiger partial charge is 0.493 e. The minimum atomic E-state index is -0.358. The van der Waals surface area contributed by atoms with E-state index in [4.69, 9.17) is 14.6 Å². The van der Waals surface area contributed by atoms with E-state index in [-0.39, 0.29) is 30.0 Å². The number of amides is 2. The highest BCUT2D eigenvalue weighted by Gasteiger charge is 2.29. The summed E-state index contributed by atoms with van der Waals surface area (Å²) in [6, 6.07) is 13.0. The van der Waals surface area contributed by atoms with Gasteiger partial charge in [0.05, 0.1) is 32.7 Å². The van der Waals surface area contributed by atoms with Crippen molar-refractivity contribution in [2.24, 2.45) is 11.0 Å². The average molecular weight is 474 g/mol. The van der Waals surface area contributed by atoms with Crippen molar-refractivity contribution in [3.63, 3.8) is 0 Å². The van der Waals surface area contributed by atoms with Gasteiger partial charge in [0, 0.05) is 36.0 Å². The van der Waals surface area contributed by atoms with E-state index in [0.29, 0.717) is 23.6 Å². The zero-order valence-corrected chi connectivity index (χ0v) is 19.9. The quantitative estimate of drug-likeness (QED) is 0.532. The summed E-state index contributed by atoms with van der Waals surface area (Å²) >= 11 is 0. The lowest BCUT2D eigenvalue weighted by Gasteiger charge is -2.29. The number of methoxy groups -OCH3 is 2. The first-order valence-electron chi connectivity index (χ1n) is 11.3. The molecule has 1 aromatic heterocycles. The van der Waals surface area contributed by atoms with Crippen molar-refractivity contribution in [2.45, 2.75) is 26.3 Å². The third-order valence-corrected chi connectivity index (χ3v) is 5.81. The second-order valence-electron chi connectivity index (χ2n) is 8.06. The maximum absolute atomic E-state index is 12.9. The summed E-state index contributed by atoms with van der Waals surface area (Å²) < 4.78 is 10.8. The van der Waals surface area contributed by atoms with Crippen LogP contribution in [0.15, 0.2) is 66.2 Å². The van der Waals surface area contributed by atoms with Gasteiger partial charge in [-0.3, -0.25) is 14.6 Å². The van der Waals surface area contributed by atoms with Gasteiger partial charge in [0.25, 0.3) is 5.91 Å².